The molecule has 2 aromatic carbocycles. The van der Waals surface area contributed by atoms with Gasteiger partial charge in [-0.1, -0.05) is 51.0 Å². The molecule has 0 aliphatic heterocycles. The summed E-state index contributed by atoms with van der Waals surface area (Å²) in [6.07, 6.45) is 4.08. The van der Waals surface area contributed by atoms with E-state index < -0.39 is 17.1 Å². The predicted octanol–water partition coefficient (Wildman–Crippen LogP) is 2.22. The molecule has 2 atom stereocenters. The first-order valence-corrected chi connectivity index (χ1v) is 19.6. The van der Waals surface area contributed by atoms with Gasteiger partial charge >= 0.3 is 17.1 Å². The minimum Gasteiger partial charge on any atom is -0.408 e. The summed E-state index contributed by atoms with van der Waals surface area (Å²) in [7, 11) is -7.08. The molecule has 2 unspecified atom stereocenters. The molecule has 0 saturated heterocycles. The lowest BCUT2D eigenvalue weighted by Crippen LogP contribution is -2.61. The van der Waals surface area contributed by atoms with Crippen molar-refractivity contribution in [3.63, 3.8) is 0 Å². The number of amides is 4. The number of rotatable bonds is 18. The third-order valence-electron chi connectivity index (χ3n) is 6.67. The quantitative estimate of drug-likeness (QED) is 0.109. The molecular weight excluding hydrogens is 585 g/mol. The second-order valence-electron chi connectivity index (χ2n) is 10.7. The Morgan fingerprint density at radius 3 is 1.26 bits per heavy atom. The highest BCUT2D eigenvalue weighted by molar-refractivity contribution is 6.91. The molecule has 0 spiro atoms. The van der Waals surface area contributed by atoms with E-state index in [1.807, 2.05) is 13.8 Å². The van der Waals surface area contributed by atoms with Crippen molar-refractivity contribution in [1.29, 1.82) is 0 Å². The first kappa shape index (κ1) is 35.8. The Kier molecular flexibility index (Phi) is 14.7. The van der Waals surface area contributed by atoms with Gasteiger partial charge in [-0.25, -0.2) is 0 Å². The summed E-state index contributed by atoms with van der Waals surface area (Å²) in [5, 5.41) is 12.1. The van der Waals surface area contributed by atoms with Crippen molar-refractivity contribution in [3.05, 3.63) is 48.5 Å². The lowest BCUT2D eigenvalue weighted by Gasteiger charge is -2.30. The maximum absolute atomic E-state index is 12.2. The average molecular weight is 631 g/mol. The Hall–Kier alpha value is -3.37. The number of hydrogen-bond acceptors (Lipinski definition) is 7. The van der Waals surface area contributed by atoms with Gasteiger partial charge in [0.15, 0.2) is 0 Å². The maximum Gasteiger partial charge on any atom is 0.358 e. The van der Waals surface area contributed by atoms with E-state index in [9.17, 15) is 28.8 Å². The van der Waals surface area contributed by atoms with E-state index in [4.69, 9.17) is 4.12 Å². The third-order valence-corrected chi connectivity index (χ3v) is 12.7. The van der Waals surface area contributed by atoms with Crippen LogP contribution in [0.5, 0.6) is 0 Å². The summed E-state index contributed by atoms with van der Waals surface area (Å²) in [6.45, 7) is 8.40. The monoisotopic (exact) mass is 630 g/mol. The van der Waals surface area contributed by atoms with Crippen LogP contribution >= 0.6 is 0 Å². The third kappa shape index (κ3) is 13.2. The van der Waals surface area contributed by atoms with Gasteiger partial charge in [0, 0.05) is 50.1 Å². The van der Waals surface area contributed by atoms with Gasteiger partial charge in [-0.2, -0.15) is 0 Å². The number of unbranched alkanes of at least 4 members (excludes halogenated alkanes) is 2. The molecule has 0 heterocycles. The molecule has 0 saturated carbocycles. The lowest BCUT2D eigenvalue weighted by atomic mass is 10.2. The van der Waals surface area contributed by atoms with Crippen molar-refractivity contribution in [1.82, 2.24) is 10.6 Å². The van der Waals surface area contributed by atoms with Crippen LogP contribution in [0.2, 0.25) is 13.1 Å². The molecule has 0 aliphatic carbocycles. The van der Waals surface area contributed by atoms with Crippen molar-refractivity contribution in [3.8, 4) is 0 Å². The molecule has 2 aromatic rings. The van der Waals surface area contributed by atoms with Crippen LogP contribution in [-0.2, 0) is 23.3 Å². The molecule has 0 radical (unpaired) electrons. The van der Waals surface area contributed by atoms with Gasteiger partial charge in [-0.05, 0) is 60.6 Å². The van der Waals surface area contributed by atoms with Gasteiger partial charge in [0.2, 0.25) is 23.6 Å². The van der Waals surface area contributed by atoms with Crippen LogP contribution in [-0.4, -0.2) is 63.4 Å². The molecule has 6 N–H and O–H groups in total. The zero-order chi connectivity index (χ0) is 31.9. The van der Waals surface area contributed by atoms with Gasteiger partial charge in [0.25, 0.3) is 0 Å². The molecule has 236 valence electrons. The summed E-state index contributed by atoms with van der Waals surface area (Å²) < 4.78 is 5.98. The summed E-state index contributed by atoms with van der Waals surface area (Å²) >= 11 is 0. The number of benzene rings is 2. The predicted molar refractivity (Wildman–Crippen MR) is 172 cm³/mol. The topological polar surface area (TPSA) is 166 Å². The second-order valence-corrected chi connectivity index (χ2v) is 16.6. The number of hydrogen-bond donors (Lipinski definition) is 6. The highest BCUT2D eigenvalue weighted by atomic mass is 28.5. The molecule has 2 rings (SSSR count). The van der Waals surface area contributed by atoms with Crippen LogP contribution in [0.1, 0.15) is 65.2 Å². The van der Waals surface area contributed by atoms with Crippen molar-refractivity contribution in [2.24, 2.45) is 0 Å². The zero-order valence-electron chi connectivity index (χ0n) is 25.6. The molecule has 0 fully saturated rings. The minimum absolute atomic E-state index is 0.0580. The summed E-state index contributed by atoms with van der Waals surface area (Å²) in [4.78, 5) is 70.5. The lowest BCUT2D eigenvalue weighted by molar-refractivity contribution is -0.124. The van der Waals surface area contributed by atoms with E-state index in [1.165, 1.54) is 0 Å². The van der Waals surface area contributed by atoms with E-state index in [1.54, 1.807) is 61.6 Å². The van der Waals surface area contributed by atoms with Crippen molar-refractivity contribution in [2.45, 2.75) is 78.3 Å². The molecule has 11 nitrogen and oxygen atoms in total. The Balaban J connectivity index is 1.89. The van der Waals surface area contributed by atoms with Crippen LogP contribution in [0.4, 0.5) is 11.4 Å². The Bertz CT molecular complexity index is 1110. The van der Waals surface area contributed by atoms with E-state index in [2.05, 4.69) is 21.3 Å². The Morgan fingerprint density at radius 1 is 0.605 bits per heavy atom. The molecule has 0 aromatic heterocycles. The van der Waals surface area contributed by atoms with Crippen molar-refractivity contribution < 1.29 is 32.9 Å². The SMILES string of the molecule is CCCCNC(=O)CCC(=O)Nc1ccc([Si](C)(O)O[Si](C)(O)c2ccc(NC(=O)CCC(=O)NCCCC)cc2)cc1. The van der Waals surface area contributed by atoms with Crippen LogP contribution in [0.25, 0.3) is 0 Å². The fraction of sp³-hybridized carbons (Fsp3) is 0.467. The van der Waals surface area contributed by atoms with Gasteiger partial charge in [0.05, 0.1) is 0 Å². The fourth-order valence-electron chi connectivity index (χ4n) is 4.12. The summed E-state index contributed by atoms with van der Waals surface area (Å²) in [5.41, 5.74) is 1.03. The molecular formula is C30H46N4O7Si2. The van der Waals surface area contributed by atoms with Gasteiger partial charge in [-0.15, -0.1) is 0 Å². The normalized spacial score (nSPS) is 13.7. The molecule has 13 heteroatoms. The van der Waals surface area contributed by atoms with Gasteiger partial charge < -0.3 is 35.0 Å². The van der Waals surface area contributed by atoms with Crippen LogP contribution in [0, 0.1) is 0 Å². The first-order valence-electron chi connectivity index (χ1n) is 14.9. The smallest absolute Gasteiger partial charge is 0.358 e. The molecule has 0 aliphatic rings. The van der Waals surface area contributed by atoms with Crippen molar-refractivity contribution >= 4 is 62.5 Å². The molecule has 43 heavy (non-hydrogen) atoms. The highest BCUT2D eigenvalue weighted by Gasteiger charge is 2.41. The first-order chi connectivity index (χ1) is 20.4. The van der Waals surface area contributed by atoms with Crippen LogP contribution in [0.3, 0.4) is 0 Å². The standard InChI is InChI=1S/C30H46N4O7Si2/c1-5-7-21-31-27(35)17-19-29(37)33-23-9-13-25(14-10-23)42(3,39)41-43(4,40)26-15-11-24(12-16-26)34-30(38)20-18-28(36)32-22-8-6-2/h9-16,39-40H,5-8,17-22H2,1-4H3,(H,31,35)(H,32,36)(H,33,37)(H,34,38). The number of carbonyl (C=O) groups is 4. The second kappa shape index (κ2) is 17.7. The average Bonchev–Trinajstić information content (AvgIpc) is 2.95. The van der Waals surface area contributed by atoms with Gasteiger partial charge in [0.1, 0.15) is 0 Å². The largest absolute Gasteiger partial charge is 0.408 e. The van der Waals surface area contributed by atoms with E-state index in [-0.39, 0.29) is 49.3 Å². The Labute approximate surface area is 256 Å². The van der Waals surface area contributed by atoms with Gasteiger partial charge in [-0.3, -0.25) is 19.2 Å². The van der Waals surface area contributed by atoms with Crippen LogP contribution < -0.4 is 31.6 Å². The summed E-state index contributed by atoms with van der Waals surface area (Å²) in [5.74, 6) is -0.900. The van der Waals surface area contributed by atoms with E-state index in [0.717, 1.165) is 25.7 Å². The van der Waals surface area contributed by atoms with Crippen LogP contribution in [0.15, 0.2) is 48.5 Å². The van der Waals surface area contributed by atoms with E-state index >= 15 is 0 Å². The summed E-state index contributed by atoms with van der Waals surface area (Å²) in [6, 6.07) is 13.1. The number of carbonyl (C=O) groups excluding carboxylic acids is 4. The van der Waals surface area contributed by atoms with E-state index in [0.29, 0.717) is 34.8 Å². The maximum atomic E-state index is 12.2. The number of nitrogens with one attached hydrogen (secondary N) is 4. The fourth-order valence-corrected chi connectivity index (χ4v) is 9.73. The Morgan fingerprint density at radius 2 is 0.930 bits per heavy atom. The number of anilines is 2. The minimum atomic E-state index is -3.54. The molecule has 4 amide bonds. The highest BCUT2D eigenvalue weighted by Crippen LogP contribution is 2.15. The zero-order valence-corrected chi connectivity index (χ0v) is 27.6. The van der Waals surface area contributed by atoms with Crippen molar-refractivity contribution in [2.75, 3.05) is 23.7 Å². The molecule has 0 bridgehead atoms.